The van der Waals surface area contributed by atoms with Crippen LogP contribution < -0.4 is 5.32 Å². The number of rotatable bonds is 4. The van der Waals surface area contributed by atoms with Crippen LogP contribution in [0.2, 0.25) is 5.15 Å². The molecule has 2 aromatic rings. The lowest BCUT2D eigenvalue weighted by Crippen LogP contribution is -2.27. The second kappa shape index (κ2) is 5.88. The molecule has 0 fully saturated rings. The first kappa shape index (κ1) is 14.9. The first-order chi connectivity index (χ1) is 9.90. The summed E-state index contributed by atoms with van der Waals surface area (Å²) in [4.78, 5) is 30.0. The number of pyridine rings is 1. The zero-order valence-corrected chi connectivity index (χ0v) is 11.9. The molecule has 8 nitrogen and oxygen atoms in total. The van der Waals surface area contributed by atoms with Crippen molar-refractivity contribution in [3.8, 4) is 0 Å². The predicted octanol–water partition coefficient (Wildman–Crippen LogP) is 2.43. The summed E-state index contributed by atoms with van der Waals surface area (Å²) >= 11 is 5.66. The molecule has 0 spiro atoms. The van der Waals surface area contributed by atoms with Gasteiger partial charge in [-0.15, -0.1) is 0 Å². The molecule has 9 heteroatoms. The van der Waals surface area contributed by atoms with Crippen LogP contribution >= 0.6 is 11.6 Å². The van der Waals surface area contributed by atoms with E-state index in [1.54, 1.807) is 13.8 Å². The minimum absolute atomic E-state index is 0.171. The van der Waals surface area contributed by atoms with Gasteiger partial charge >= 0.3 is 5.69 Å². The average Bonchev–Trinajstić information content (AvgIpc) is 2.84. The number of halogens is 1. The van der Waals surface area contributed by atoms with E-state index in [2.05, 4.69) is 15.3 Å². The molecule has 2 rings (SSSR count). The van der Waals surface area contributed by atoms with Gasteiger partial charge in [0.15, 0.2) is 0 Å². The Bertz CT molecular complexity index is 700. The van der Waals surface area contributed by atoms with E-state index in [1.807, 2.05) is 0 Å². The van der Waals surface area contributed by atoms with Gasteiger partial charge in [0, 0.05) is 6.20 Å². The maximum atomic E-state index is 12.1. The number of carbonyl (C=O) groups excluding carboxylic acids is 1. The quantitative estimate of drug-likeness (QED) is 0.527. The monoisotopic (exact) mass is 310 g/mol. The van der Waals surface area contributed by atoms with Gasteiger partial charge in [0.25, 0.3) is 5.91 Å². The van der Waals surface area contributed by atoms with Crippen LogP contribution in [0.4, 0.5) is 5.69 Å². The lowest BCUT2D eigenvalue weighted by molar-refractivity contribution is -0.385. The largest absolute Gasteiger partial charge is 0.444 e. The van der Waals surface area contributed by atoms with Crippen LogP contribution in [0.15, 0.2) is 22.9 Å². The Kier molecular flexibility index (Phi) is 4.18. The summed E-state index contributed by atoms with van der Waals surface area (Å²) in [7, 11) is 0. The fourth-order valence-electron chi connectivity index (χ4n) is 1.69. The molecule has 0 saturated heterocycles. The Morgan fingerprint density at radius 2 is 2.24 bits per heavy atom. The highest BCUT2D eigenvalue weighted by atomic mass is 35.5. The number of nitrogens with zero attached hydrogens (tertiary/aromatic N) is 3. The Morgan fingerprint density at radius 3 is 2.81 bits per heavy atom. The Labute approximate surface area is 124 Å². The van der Waals surface area contributed by atoms with E-state index in [0.717, 1.165) is 0 Å². The highest BCUT2D eigenvalue weighted by Gasteiger charge is 2.26. The number of nitrogens with one attached hydrogen (secondary N) is 1. The van der Waals surface area contributed by atoms with Crippen molar-refractivity contribution in [3.63, 3.8) is 0 Å². The predicted molar refractivity (Wildman–Crippen MR) is 73.0 cm³/mol. The van der Waals surface area contributed by atoms with Crippen LogP contribution in [-0.2, 0) is 0 Å². The third-order valence-corrected chi connectivity index (χ3v) is 2.94. The van der Waals surface area contributed by atoms with Gasteiger partial charge in [-0.2, -0.15) is 0 Å². The van der Waals surface area contributed by atoms with Gasteiger partial charge in [0.2, 0.25) is 11.0 Å². The summed E-state index contributed by atoms with van der Waals surface area (Å²) in [6.45, 7) is 3.37. The van der Waals surface area contributed by atoms with Crippen molar-refractivity contribution in [2.45, 2.75) is 19.9 Å². The van der Waals surface area contributed by atoms with Crippen LogP contribution in [0, 0.1) is 17.0 Å². The van der Waals surface area contributed by atoms with Gasteiger partial charge in [-0.25, -0.2) is 9.97 Å². The van der Waals surface area contributed by atoms with Gasteiger partial charge in [-0.1, -0.05) is 11.6 Å². The fraction of sp³-hybridized carbons (Fsp3) is 0.250. The van der Waals surface area contributed by atoms with Crippen molar-refractivity contribution in [2.24, 2.45) is 0 Å². The van der Waals surface area contributed by atoms with E-state index in [4.69, 9.17) is 16.0 Å². The molecule has 110 valence electrons. The van der Waals surface area contributed by atoms with E-state index in [-0.39, 0.29) is 10.7 Å². The van der Waals surface area contributed by atoms with Crippen molar-refractivity contribution in [1.82, 2.24) is 15.3 Å². The molecule has 1 amide bonds. The minimum Gasteiger partial charge on any atom is -0.444 e. The number of carbonyl (C=O) groups is 1. The molecule has 0 aliphatic rings. The number of hydrogen-bond donors (Lipinski definition) is 1. The van der Waals surface area contributed by atoms with Gasteiger partial charge < -0.3 is 9.73 Å². The van der Waals surface area contributed by atoms with Gasteiger partial charge in [-0.3, -0.25) is 14.9 Å². The lowest BCUT2D eigenvalue weighted by Gasteiger charge is -2.10. The molecule has 1 unspecified atom stereocenters. The number of amides is 1. The van der Waals surface area contributed by atoms with Crippen molar-refractivity contribution < 1.29 is 14.1 Å². The van der Waals surface area contributed by atoms with E-state index < -0.39 is 22.6 Å². The SMILES string of the molecule is Cc1cnc(C(C)NC(=O)c2ccnc(Cl)c2[N+](=O)[O-])o1. The minimum atomic E-state index is -0.746. The standard InChI is InChI=1S/C12H11ClN4O4/c1-6-5-15-12(21-6)7(2)16-11(18)8-3-4-14-10(13)9(8)17(19)20/h3-5,7H,1-2H3,(H,16,18). The summed E-state index contributed by atoms with van der Waals surface area (Å²) in [5.74, 6) is 0.252. The van der Waals surface area contributed by atoms with Gasteiger partial charge in [0.05, 0.1) is 11.1 Å². The van der Waals surface area contributed by atoms with Crippen LogP contribution in [0.3, 0.4) is 0 Å². The van der Waals surface area contributed by atoms with E-state index >= 15 is 0 Å². The summed E-state index contributed by atoms with van der Waals surface area (Å²) in [6, 6.07) is 0.685. The Morgan fingerprint density at radius 1 is 1.52 bits per heavy atom. The number of oxazole rings is 1. The van der Waals surface area contributed by atoms with Crippen LogP contribution in [0.5, 0.6) is 0 Å². The maximum absolute atomic E-state index is 12.1. The Hall–Kier alpha value is -2.48. The van der Waals surface area contributed by atoms with E-state index in [0.29, 0.717) is 11.7 Å². The molecule has 0 aromatic carbocycles. The fourth-order valence-corrected chi connectivity index (χ4v) is 1.92. The molecule has 1 atom stereocenters. The van der Waals surface area contributed by atoms with Crippen LogP contribution in [0.25, 0.3) is 0 Å². The van der Waals surface area contributed by atoms with E-state index in [1.165, 1.54) is 18.5 Å². The smallest absolute Gasteiger partial charge is 0.319 e. The maximum Gasteiger partial charge on any atom is 0.319 e. The topological polar surface area (TPSA) is 111 Å². The molecular weight excluding hydrogens is 300 g/mol. The lowest BCUT2D eigenvalue weighted by atomic mass is 10.2. The molecule has 1 N–H and O–H groups in total. The zero-order valence-electron chi connectivity index (χ0n) is 11.2. The summed E-state index contributed by atoms with van der Waals surface area (Å²) in [5, 5.41) is 13.2. The molecule has 21 heavy (non-hydrogen) atoms. The third-order valence-electron chi connectivity index (χ3n) is 2.66. The van der Waals surface area contributed by atoms with Crippen molar-refractivity contribution in [3.05, 3.63) is 50.9 Å². The van der Waals surface area contributed by atoms with Gasteiger partial charge in [0.1, 0.15) is 17.4 Å². The number of hydrogen-bond acceptors (Lipinski definition) is 6. The first-order valence-electron chi connectivity index (χ1n) is 5.92. The molecule has 0 aliphatic carbocycles. The van der Waals surface area contributed by atoms with Crippen LogP contribution in [-0.4, -0.2) is 20.8 Å². The highest BCUT2D eigenvalue weighted by Crippen LogP contribution is 2.26. The number of aryl methyl sites for hydroxylation is 1. The van der Waals surface area contributed by atoms with Crippen molar-refractivity contribution >= 4 is 23.2 Å². The van der Waals surface area contributed by atoms with E-state index in [9.17, 15) is 14.9 Å². The Balaban J connectivity index is 2.25. The third kappa shape index (κ3) is 3.16. The molecule has 0 aliphatic heterocycles. The number of nitro groups is 1. The highest BCUT2D eigenvalue weighted by molar-refractivity contribution is 6.32. The van der Waals surface area contributed by atoms with Crippen molar-refractivity contribution in [2.75, 3.05) is 0 Å². The van der Waals surface area contributed by atoms with Crippen LogP contribution in [0.1, 0.15) is 35.0 Å². The molecule has 2 heterocycles. The molecule has 0 saturated carbocycles. The molecular formula is C12H11ClN4O4. The molecule has 2 aromatic heterocycles. The number of aromatic nitrogens is 2. The normalized spacial score (nSPS) is 12.0. The second-order valence-electron chi connectivity index (χ2n) is 4.26. The summed E-state index contributed by atoms with van der Waals surface area (Å²) in [6.07, 6.45) is 2.74. The first-order valence-corrected chi connectivity index (χ1v) is 6.30. The second-order valence-corrected chi connectivity index (χ2v) is 4.62. The van der Waals surface area contributed by atoms with Gasteiger partial charge in [-0.05, 0) is 19.9 Å². The summed E-state index contributed by atoms with van der Waals surface area (Å²) in [5.41, 5.74) is -0.706. The van der Waals surface area contributed by atoms with Crippen molar-refractivity contribution in [1.29, 1.82) is 0 Å². The zero-order chi connectivity index (χ0) is 15.6. The summed E-state index contributed by atoms with van der Waals surface area (Å²) < 4.78 is 5.29. The molecule has 0 radical (unpaired) electrons. The molecule has 0 bridgehead atoms. The average molecular weight is 311 g/mol.